The number of benzene rings is 1. The molecule has 0 aliphatic rings. The summed E-state index contributed by atoms with van der Waals surface area (Å²) in [5.74, 6) is 3.41. The minimum Gasteiger partial charge on any atom is -0.310 e. The molecule has 7 nitrogen and oxygen atoms in total. The van der Waals surface area contributed by atoms with Crippen molar-refractivity contribution in [3.05, 3.63) is 84.3 Å². The maximum Gasteiger partial charge on any atom is 0.262 e. The normalized spacial score (nSPS) is 10.4. The minimum atomic E-state index is -0.244. The van der Waals surface area contributed by atoms with Crippen molar-refractivity contribution in [2.75, 3.05) is 0 Å². The number of amides is 1. The fourth-order valence-corrected chi connectivity index (χ4v) is 2.98. The van der Waals surface area contributed by atoms with Gasteiger partial charge in [0.25, 0.3) is 5.91 Å². The molecule has 7 heteroatoms. The molecule has 3 heterocycles. The Labute approximate surface area is 180 Å². The summed E-state index contributed by atoms with van der Waals surface area (Å²) in [7, 11) is 0. The van der Waals surface area contributed by atoms with Crippen LogP contribution < -0.4 is 5.32 Å². The van der Waals surface area contributed by atoms with Crippen LogP contribution >= 0.6 is 0 Å². The first-order valence-corrected chi connectivity index (χ1v) is 9.81. The number of hydrogen-bond acceptors (Lipinski definition) is 5. The van der Waals surface area contributed by atoms with Crippen LogP contribution in [0.5, 0.6) is 0 Å². The van der Waals surface area contributed by atoms with Crippen molar-refractivity contribution in [3.63, 3.8) is 0 Å². The highest BCUT2D eigenvalue weighted by Gasteiger charge is 2.12. The van der Waals surface area contributed by atoms with Crippen molar-refractivity contribution in [2.24, 2.45) is 0 Å². The average Bonchev–Trinajstić information content (AvgIpc) is 3.30. The highest BCUT2D eigenvalue weighted by molar-refractivity contribution is 5.95. The second-order valence-electron chi connectivity index (χ2n) is 7.06. The summed E-state index contributed by atoms with van der Waals surface area (Å²) in [5, 5.41) is 10.8. The quantitative estimate of drug-likeness (QED) is 0.411. The molecule has 0 fully saturated rings. The molecule has 0 atom stereocenters. The standard InChI is InChI=1S/C24H20N6O/c1-17(2)30-16-27-29-23(30)21-10-6-9-20(28-21)22-15-18(11-13-25-22)12-14-26-24(31)19-7-4-3-5-8-19/h3-11,13,15-17H,1-2H3,(H,26,31). The predicted octanol–water partition coefficient (Wildman–Crippen LogP) is 3.72. The predicted molar refractivity (Wildman–Crippen MR) is 118 cm³/mol. The van der Waals surface area contributed by atoms with E-state index in [1.807, 2.05) is 47.0 Å². The zero-order valence-electron chi connectivity index (χ0n) is 17.1. The molecule has 1 N–H and O–H groups in total. The number of aromatic nitrogens is 5. The summed E-state index contributed by atoms with van der Waals surface area (Å²) >= 11 is 0. The molecule has 152 valence electrons. The molecule has 3 aromatic heterocycles. The van der Waals surface area contributed by atoms with E-state index in [1.165, 1.54) is 0 Å². The molecule has 31 heavy (non-hydrogen) atoms. The molecule has 0 radical (unpaired) electrons. The fourth-order valence-electron chi connectivity index (χ4n) is 2.98. The third-order valence-electron chi connectivity index (χ3n) is 4.55. The molecular weight excluding hydrogens is 388 g/mol. The number of carbonyl (C=O) groups excluding carboxylic acids is 1. The Kier molecular flexibility index (Phi) is 5.81. The van der Waals surface area contributed by atoms with Crippen molar-refractivity contribution in [2.45, 2.75) is 19.9 Å². The summed E-state index contributed by atoms with van der Waals surface area (Å²) in [6.45, 7) is 4.13. The van der Waals surface area contributed by atoms with E-state index in [-0.39, 0.29) is 11.9 Å². The molecule has 0 aliphatic heterocycles. The highest BCUT2D eigenvalue weighted by Crippen LogP contribution is 2.22. The van der Waals surface area contributed by atoms with Gasteiger partial charge < -0.3 is 4.57 Å². The van der Waals surface area contributed by atoms with Crippen LogP contribution in [0, 0.1) is 12.0 Å². The van der Waals surface area contributed by atoms with E-state index >= 15 is 0 Å². The van der Waals surface area contributed by atoms with E-state index < -0.39 is 0 Å². The van der Waals surface area contributed by atoms with E-state index in [1.54, 1.807) is 30.7 Å². The van der Waals surface area contributed by atoms with Crippen LogP contribution in [0.25, 0.3) is 22.9 Å². The monoisotopic (exact) mass is 408 g/mol. The Balaban J connectivity index is 1.55. The molecule has 0 spiro atoms. The number of nitrogens with one attached hydrogen (secondary N) is 1. The molecule has 4 aromatic rings. The van der Waals surface area contributed by atoms with Crippen LogP contribution in [0.3, 0.4) is 0 Å². The lowest BCUT2D eigenvalue weighted by atomic mass is 10.1. The Morgan fingerprint density at radius 1 is 1.00 bits per heavy atom. The fraction of sp³-hybridized carbons (Fsp3) is 0.125. The maximum absolute atomic E-state index is 12.1. The number of hydrogen-bond donors (Lipinski definition) is 1. The SMILES string of the molecule is CC(C)n1cnnc1-c1cccc(-c2cc(C#CNC(=O)c3ccccc3)ccn2)n1. The number of pyridine rings is 2. The third kappa shape index (κ3) is 4.65. The summed E-state index contributed by atoms with van der Waals surface area (Å²) in [4.78, 5) is 21.2. The molecule has 0 saturated heterocycles. The van der Waals surface area contributed by atoms with Crippen LogP contribution in [0.2, 0.25) is 0 Å². The molecule has 0 bridgehead atoms. The van der Waals surface area contributed by atoms with Gasteiger partial charge in [0.05, 0.1) is 11.4 Å². The van der Waals surface area contributed by atoms with E-state index in [4.69, 9.17) is 4.98 Å². The van der Waals surface area contributed by atoms with Gasteiger partial charge in [-0.3, -0.25) is 15.1 Å². The lowest BCUT2D eigenvalue weighted by molar-refractivity contribution is 0.0973. The number of carbonyl (C=O) groups is 1. The average molecular weight is 408 g/mol. The molecule has 1 aromatic carbocycles. The molecular formula is C24H20N6O. The van der Waals surface area contributed by atoms with Crippen molar-refractivity contribution < 1.29 is 4.79 Å². The first-order valence-electron chi connectivity index (χ1n) is 9.81. The maximum atomic E-state index is 12.1. The summed E-state index contributed by atoms with van der Waals surface area (Å²) in [5.41, 5.74) is 3.38. The van der Waals surface area contributed by atoms with Crippen LogP contribution in [-0.2, 0) is 0 Å². The Hall–Kier alpha value is -4.31. The zero-order chi connectivity index (χ0) is 21.6. The molecule has 1 amide bonds. The Bertz CT molecular complexity index is 1270. The van der Waals surface area contributed by atoms with Gasteiger partial charge in [-0.05, 0) is 56.2 Å². The van der Waals surface area contributed by atoms with Gasteiger partial charge in [0, 0.05) is 29.4 Å². The lowest BCUT2D eigenvalue weighted by Crippen LogP contribution is -2.17. The van der Waals surface area contributed by atoms with E-state index in [2.05, 4.69) is 46.3 Å². The highest BCUT2D eigenvalue weighted by atomic mass is 16.1. The third-order valence-corrected chi connectivity index (χ3v) is 4.55. The largest absolute Gasteiger partial charge is 0.310 e. The number of nitrogens with zero attached hydrogens (tertiary/aromatic N) is 5. The van der Waals surface area contributed by atoms with Gasteiger partial charge in [-0.1, -0.05) is 24.3 Å². The Morgan fingerprint density at radius 3 is 2.61 bits per heavy atom. The second-order valence-corrected chi connectivity index (χ2v) is 7.06. The lowest BCUT2D eigenvalue weighted by Gasteiger charge is -2.10. The summed E-state index contributed by atoms with van der Waals surface area (Å²) in [6, 6.07) is 21.2. The van der Waals surface area contributed by atoms with Crippen LogP contribution in [0.4, 0.5) is 0 Å². The van der Waals surface area contributed by atoms with E-state index in [9.17, 15) is 4.79 Å². The minimum absolute atomic E-state index is 0.221. The van der Waals surface area contributed by atoms with Crippen molar-refractivity contribution in [1.29, 1.82) is 0 Å². The van der Waals surface area contributed by atoms with Gasteiger partial charge in [-0.2, -0.15) is 0 Å². The molecule has 0 unspecified atom stereocenters. The van der Waals surface area contributed by atoms with Crippen LogP contribution in [0.15, 0.2) is 73.2 Å². The topological polar surface area (TPSA) is 85.6 Å². The summed E-state index contributed by atoms with van der Waals surface area (Å²) < 4.78 is 1.97. The van der Waals surface area contributed by atoms with Gasteiger partial charge in [-0.15, -0.1) is 10.2 Å². The van der Waals surface area contributed by atoms with Gasteiger partial charge in [0.1, 0.15) is 12.0 Å². The molecule has 0 aliphatic carbocycles. The van der Waals surface area contributed by atoms with Crippen molar-refractivity contribution >= 4 is 5.91 Å². The van der Waals surface area contributed by atoms with Gasteiger partial charge in [0.15, 0.2) is 5.82 Å². The van der Waals surface area contributed by atoms with Crippen LogP contribution in [-0.4, -0.2) is 30.6 Å². The molecule has 0 saturated carbocycles. The van der Waals surface area contributed by atoms with E-state index in [0.29, 0.717) is 22.8 Å². The number of rotatable bonds is 4. The van der Waals surface area contributed by atoms with Crippen molar-refractivity contribution in [3.8, 4) is 34.9 Å². The first kappa shape index (κ1) is 20.0. The zero-order valence-corrected chi connectivity index (χ0v) is 17.1. The van der Waals surface area contributed by atoms with Crippen LogP contribution in [0.1, 0.15) is 35.8 Å². The summed E-state index contributed by atoms with van der Waals surface area (Å²) in [6.07, 6.45) is 3.37. The van der Waals surface area contributed by atoms with Gasteiger partial charge in [-0.25, -0.2) is 4.98 Å². The Morgan fingerprint density at radius 2 is 1.81 bits per heavy atom. The smallest absolute Gasteiger partial charge is 0.262 e. The first-order chi connectivity index (χ1) is 15.1. The van der Waals surface area contributed by atoms with Gasteiger partial charge in [0.2, 0.25) is 0 Å². The van der Waals surface area contributed by atoms with E-state index in [0.717, 1.165) is 11.3 Å². The second kappa shape index (κ2) is 9.01. The molecule has 4 rings (SSSR count). The van der Waals surface area contributed by atoms with Gasteiger partial charge >= 0.3 is 0 Å². The van der Waals surface area contributed by atoms with Crippen molar-refractivity contribution in [1.82, 2.24) is 30.0 Å².